The van der Waals surface area contributed by atoms with Gasteiger partial charge in [0.25, 0.3) is 0 Å². The third kappa shape index (κ3) is 4.64. The number of thiol groups is 1. The Morgan fingerprint density at radius 3 is 2.80 bits per heavy atom. The quantitative estimate of drug-likeness (QED) is 0.500. The fourth-order valence-corrected chi connectivity index (χ4v) is 0.711. The molecule has 0 aromatic heterocycles. The summed E-state index contributed by atoms with van der Waals surface area (Å²) < 4.78 is 0. The number of hydrogen-bond acceptors (Lipinski definition) is 3. The van der Waals surface area contributed by atoms with Crippen molar-refractivity contribution >= 4 is 18.5 Å². The molecule has 0 saturated carbocycles. The normalized spacial score (nSPS) is 12.7. The predicted octanol–water partition coefficient (Wildman–Crippen LogP) is -0.230. The Bertz CT molecular complexity index is 108. The second-order valence-electron chi connectivity index (χ2n) is 2.18. The molecule has 3 nitrogen and oxygen atoms in total. The van der Waals surface area contributed by atoms with E-state index in [1.165, 1.54) is 0 Å². The summed E-state index contributed by atoms with van der Waals surface area (Å²) in [5.41, 5.74) is 5.28. The van der Waals surface area contributed by atoms with Crippen LogP contribution in [0.1, 0.15) is 13.3 Å². The minimum atomic E-state index is 0.0213. The second-order valence-corrected chi connectivity index (χ2v) is 2.63. The smallest absolute Gasteiger partial charge is 0.221 e. The number of carbonyl (C=O) groups excluding carboxylic acids is 1. The summed E-state index contributed by atoms with van der Waals surface area (Å²) in [6.07, 6.45) is 0.466. The summed E-state index contributed by atoms with van der Waals surface area (Å²) >= 11 is 3.92. The van der Waals surface area contributed by atoms with Gasteiger partial charge in [0, 0.05) is 19.0 Å². The number of amides is 1. The van der Waals surface area contributed by atoms with Gasteiger partial charge < -0.3 is 11.1 Å². The molecule has 0 rings (SSSR count). The summed E-state index contributed by atoms with van der Waals surface area (Å²) in [6.45, 7) is 2.36. The van der Waals surface area contributed by atoms with Crippen molar-refractivity contribution in [2.75, 3.05) is 12.3 Å². The van der Waals surface area contributed by atoms with Gasteiger partial charge >= 0.3 is 0 Å². The molecule has 0 bridgehead atoms. The Morgan fingerprint density at radius 2 is 2.40 bits per heavy atom. The van der Waals surface area contributed by atoms with Gasteiger partial charge in [-0.05, 0) is 12.7 Å². The van der Waals surface area contributed by atoms with Crippen LogP contribution in [0.5, 0.6) is 0 Å². The number of rotatable bonds is 4. The Kier molecular flexibility index (Phi) is 5.43. The predicted molar refractivity (Wildman–Crippen MR) is 45.1 cm³/mol. The number of carbonyl (C=O) groups is 1. The Labute approximate surface area is 66.8 Å². The van der Waals surface area contributed by atoms with Crippen molar-refractivity contribution in [3.8, 4) is 0 Å². The highest BCUT2D eigenvalue weighted by Crippen LogP contribution is 1.85. The largest absolute Gasteiger partial charge is 0.352 e. The number of nitrogens with two attached hydrogens (primary N) is 1. The summed E-state index contributed by atoms with van der Waals surface area (Å²) in [6, 6.07) is 0.0763. The number of hydrogen-bond donors (Lipinski definition) is 3. The molecule has 0 aromatic carbocycles. The highest BCUT2D eigenvalue weighted by molar-refractivity contribution is 7.80. The van der Waals surface area contributed by atoms with Gasteiger partial charge in [-0.3, -0.25) is 4.79 Å². The molecule has 10 heavy (non-hydrogen) atoms. The molecule has 0 spiro atoms. The molecule has 1 amide bonds. The average molecular weight is 162 g/mol. The average Bonchev–Trinajstić information content (AvgIpc) is 1.88. The molecule has 60 valence electrons. The van der Waals surface area contributed by atoms with Crippen molar-refractivity contribution in [3.63, 3.8) is 0 Å². The zero-order valence-electron chi connectivity index (χ0n) is 6.13. The van der Waals surface area contributed by atoms with Gasteiger partial charge in [0.1, 0.15) is 0 Å². The van der Waals surface area contributed by atoms with Crippen LogP contribution in [0.25, 0.3) is 0 Å². The van der Waals surface area contributed by atoms with Gasteiger partial charge in [-0.25, -0.2) is 0 Å². The van der Waals surface area contributed by atoms with E-state index in [0.29, 0.717) is 18.7 Å². The Hall–Kier alpha value is -0.220. The summed E-state index contributed by atoms with van der Waals surface area (Å²) in [5.74, 6) is 0.608. The van der Waals surface area contributed by atoms with Crippen LogP contribution in [0.15, 0.2) is 0 Å². The highest BCUT2D eigenvalue weighted by Gasteiger charge is 2.02. The second kappa shape index (κ2) is 5.56. The van der Waals surface area contributed by atoms with Crippen LogP contribution in [-0.4, -0.2) is 24.2 Å². The summed E-state index contributed by atoms with van der Waals surface area (Å²) in [5, 5.41) is 2.72. The third-order valence-corrected chi connectivity index (χ3v) is 1.32. The van der Waals surface area contributed by atoms with Gasteiger partial charge in [-0.2, -0.15) is 12.6 Å². The van der Waals surface area contributed by atoms with E-state index in [1.807, 2.05) is 6.92 Å². The molecule has 0 radical (unpaired) electrons. The van der Waals surface area contributed by atoms with E-state index in [4.69, 9.17) is 5.73 Å². The van der Waals surface area contributed by atoms with E-state index < -0.39 is 0 Å². The molecule has 0 aromatic rings. The lowest BCUT2D eigenvalue weighted by atomic mass is 10.3. The van der Waals surface area contributed by atoms with Crippen molar-refractivity contribution in [1.29, 1.82) is 0 Å². The van der Waals surface area contributed by atoms with Crippen molar-refractivity contribution in [3.05, 3.63) is 0 Å². The fourth-order valence-electron chi connectivity index (χ4n) is 0.507. The molecular formula is C6H14N2OS. The number of nitrogens with one attached hydrogen (secondary N) is 1. The minimum absolute atomic E-state index is 0.0213. The van der Waals surface area contributed by atoms with Crippen molar-refractivity contribution in [2.24, 2.45) is 5.73 Å². The van der Waals surface area contributed by atoms with Crippen LogP contribution < -0.4 is 11.1 Å². The molecular weight excluding hydrogens is 148 g/mol. The first-order valence-electron chi connectivity index (χ1n) is 3.31. The molecule has 1 atom stereocenters. The SMILES string of the molecule is CC(CN)NC(=O)CCS. The Balaban J connectivity index is 3.37. The molecule has 3 N–H and O–H groups in total. The molecule has 1 unspecified atom stereocenters. The van der Waals surface area contributed by atoms with Crippen LogP contribution in [0.3, 0.4) is 0 Å². The zero-order valence-corrected chi connectivity index (χ0v) is 7.03. The van der Waals surface area contributed by atoms with E-state index in [0.717, 1.165) is 0 Å². The van der Waals surface area contributed by atoms with E-state index in [1.54, 1.807) is 0 Å². The molecule has 0 aliphatic rings. The zero-order chi connectivity index (χ0) is 7.98. The maximum Gasteiger partial charge on any atom is 0.221 e. The highest BCUT2D eigenvalue weighted by atomic mass is 32.1. The van der Waals surface area contributed by atoms with Crippen LogP contribution >= 0.6 is 12.6 Å². The maximum atomic E-state index is 10.8. The molecule has 0 heterocycles. The van der Waals surface area contributed by atoms with Crippen molar-refractivity contribution in [2.45, 2.75) is 19.4 Å². The topological polar surface area (TPSA) is 55.1 Å². The lowest BCUT2D eigenvalue weighted by molar-refractivity contribution is -0.121. The van der Waals surface area contributed by atoms with Crippen molar-refractivity contribution in [1.82, 2.24) is 5.32 Å². The third-order valence-electron chi connectivity index (χ3n) is 1.10. The maximum absolute atomic E-state index is 10.8. The van der Waals surface area contributed by atoms with E-state index >= 15 is 0 Å². The Morgan fingerprint density at radius 1 is 1.80 bits per heavy atom. The van der Waals surface area contributed by atoms with E-state index in [2.05, 4.69) is 17.9 Å². The molecule has 0 aliphatic heterocycles. The van der Waals surface area contributed by atoms with E-state index in [-0.39, 0.29) is 11.9 Å². The standard InChI is InChI=1S/C6H14N2OS/c1-5(4-7)8-6(9)2-3-10/h5,10H,2-4,7H2,1H3,(H,8,9). The van der Waals surface area contributed by atoms with Gasteiger partial charge in [0.2, 0.25) is 5.91 Å². The van der Waals surface area contributed by atoms with Crippen LogP contribution in [0.2, 0.25) is 0 Å². The van der Waals surface area contributed by atoms with Crippen LogP contribution in [-0.2, 0) is 4.79 Å². The molecule has 4 heteroatoms. The van der Waals surface area contributed by atoms with Crippen molar-refractivity contribution < 1.29 is 4.79 Å². The monoisotopic (exact) mass is 162 g/mol. The first-order valence-corrected chi connectivity index (χ1v) is 3.94. The van der Waals surface area contributed by atoms with Gasteiger partial charge in [-0.1, -0.05) is 0 Å². The lowest BCUT2D eigenvalue weighted by Gasteiger charge is -2.09. The van der Waals surface area contributed by atoms with Crippen LogP contribution in [0.4, 0.5) is 0 Å². The fraction of sp³-hybridized carbons (Fsp3) is 0.833. The van der Waals surface area contributed by atoms with E-state index in [9.17, 15) is 4.79 Å². The lowest BCUT2D eigenvalue weighted by Crippen LogP contribution is -2.37. The van der Waals surface area contributed by atoms with Gasteiger partial charge in [0.05, 0.1) is 0 Å². The molecule has 0 aliphatic carbocycles. The van der Waals surface area contributed by atoms with Crippen LogP contribution in [0, 0.1) is 0 Å². The van der Waals surface area contributed by atoms with Gasteiger partial charge in [0.15, 0.2) is 0 Å². The first-order chi connectivity index (χ1) is 4.70. The minimum Gasteiger partial charge on any atom is -0.352 e. The summed E-state index contributed by atoms with van der Waals surface area (Å²) in [7, 11) is 0. The first kappa shape index (κ1) is 9.78. The van der Waals surface area contributed by atoms with Gasteiger partial charge in [-0.15, -0.1) is 0 Å². The molecule has 0 fully saturated rings. The molecule has 0 saturated heterocycles. The summed E-state index contributed by atoms with van der Waals surface area (Å²) in [4.78, 5) is 10.8.